The van der Waals surface area contributed by atoms with Gasteiger partial charge in [0.15, 0.2) is 5.96 Å². The average molecular weight is 526 g/mol. The number of guanidine groups is 1. The number of hydrogen-bond acceptors (Lipinski definition) is 4. The molecule has 1 saturated heterocycles. The lowest BCUT2D eigenvalue weighted by atomic mass is 9.83. The molecular weight excluding hydrogens is 481 g/mol. The molecule has 0 aromatic carbocycles. The van der Waals surface area contributed by atoms with E-state index in [4.69, 9.17) is 19.2 Å². The fraction of sp³-hybridized carbons (Fsp3) is 0.955. The highest BCUT2D eigenvalue weighted by atomic mass is 127. The Labute approximate surface area is 195 Å². The van der Waals surface area contributed by atoms with E-state index in [1.54, 1.807) is 0 Å². The van der Waals surface area contributed by atoms with E-state index >= 15 is 0 Å². The molecule has 0 bridgehead atoms. The van der Waals surface area contributed by atoms with Crippen molar-refractivity contribution in [1.29, 1.82) is 0 Å². The van der Waals surface area contributed by atoms with E-state index in [9.17, 15) is 0 Å². The summed E-state index contributed by atoms with van der Waals surface area (Å²) in [5, 5.41) is 6.86. The van der Waals surface area contributed by atoms with Crippen LogP contribution >= 0.6 is 24.0 Å². The Bertz CT molecular complexity index is 426. The van der Waals surface area contributed by atoms with Crippen LogP contribution in [-0.4, -0.2) is 65.2 Å². The molecular formula is C22H44IN3O3. The standard InChI is InChI=1S/C22H43N3O3.HI/c1-3-23-21(24-13-7-14-28-18-20-8-15-27-16-9-20)25-19-22(10-5-6-11-22)12-17-26-4-2;/h20H,3-19H2,1-2H3,(H2,23,24,25);1H. The van der Waals surface area contributed by atoms with Gasteiger partial charge in [0.2, 0.25) is 0 Å². The largest absolute Gasteiger partial charge is 0.382 e. The summed E-state index contributed by atoms with van der Waals surface area (Å²) in [6.45, 7) is 12.0. The van der Waals surface area contributed by atoms with Gasteiger partial charge >= 0.3 is 0 Å². The van der Waals surface area contributed by atoms with Crippen molar-refractivity contribution in [3.8, 4) is 0 Å². The highest BCUT2D eigenvalue weighted by Crippen LogP contribution is 2.41. The zero-order chi connectivity index (χ0) is 19.9. The number of hydrogen-bond donors (Lipinski definition) is 2. The second-order valence-corrected chi connectivity index (χ2v) is 8.26. The summed E-state index contributed by atoms with van der Waals surface area (Å²) in [7, 11) is 0. The fourth-order valence-corrected chi connectivity index (χ4v) is 4.18. The van der Waals surface area contributed by atoms with Crippen LogP contribution in [0.1, 0.15) is 65.2 Å². The van der Waals surface area contributed by atoms with Crippen LogP contribution in [-0.2, 0) is 14.2 Å². The van der Waals surface area contributed by atoms with Gasteiger partial charge in [-0.1, -0.05) is 12.8 Å². The van der Waals surface area contributed by atoms with Crippen molar-refractivity contribution in [2.75, 3.05) is 59.3 Å². The first kappa shape index (κ1) is 26.9. The molecule has 2 N–H and O–H groups in total. The smallest absolute Gasteiger partial charge is 0.191 e. The first-order chi connectivity index (χ1) is 13.8. The summed E-state index contributed by atoms with van der Waals surface area (Å²) in [6.07, 6.45) is 9.63. The minimum absolute atomic E-state index is 0. The second kappa shape index (κ2) is 16.6. The van der Waals surface area contributed by atoms with Crippen LogP contribution in [0, 0.1) is 11.3 Å². The number of rotatable bonds is 13. The monoisotopic (exact) mass is 525 g/mol. The summed E-state index contributed by atoms with van der Waals surface area (Å²) in [5.41, 5.74) is 0.338. The third-order valence-electron chi connectivity index (χ3n) is 6.01. The van der Waals surface area contributed by atoms with Crippen molar-refractivity contribution < 1.29 is 14.2 Å². The van der Waals surface area contributed by atoms with Gasteiger partial charge in [-0.15, -0.1) is 24.0 Å². The first-order valence-electron chi connectivity index (χ1n) is 11.5. The Hall–Kier alpha value is -0.120. The van der Waals surface area contributed by atoms with Crippen LogP contribution in [0.4, 0.5) is 0 Å². The quantitative estimate of drug-likeness (QED) is 0.165. The topological polar surface area (TPSA) is 64.1 Å². The second-order valence-electron chi connectivity index (χ2n) is 8.26. The molecule has 1 saturated carbocycles. The molecule has 0 amide bonds. The van der Waals surface area contributed by atoms with Gasteiger partial charge in [-0.2, -0.15) is 0 Å². The van der Waals surface area contributed by atoms with E-state index in [1.807, 2.05) is 0 Å². The summed E-state index contributed by atoms with van der Waals surface area (Å²) in [4.78, 5) is 4.92. The average Bonchev–Trinajstić information content (AvgIpc) is 3.19. The molecule has 0 radical (unpaired) electrons. The molecule has 2 aliphatic rings. The molecule has 0 spiro atoms. The van der Waals surface area contributed by atoms with Gasteiger partial charge in [-0.3, -0.25) is 4.99 Å². The van der Waals surface area contributed by atoms with Crippen LogP contribution in [0.5, 0.6) is 0 Å². The molecule has 0 atom stereocenters. The lowest BCUT2D eigenvalue weighted by molar-refractivity contribution is 0.0203. The van der Waals surface area contributed by atoms with Crippen LogP contribution in [0.25, 0.3) is 0 Å². The van der Waals surface area contributed by atoms with E-state index < -0.39 is 0 Å². The van der Waals surface area contributed by atoms with Crippen molar-refractivity contribution in [1.82, 2.24) is 10.6 Å². The van der Waals surface area contributed by atoms with Crippen molar-refractivity contribution in [3.05, 3.63) is 0 Å². The van der Waals surface area contributed by atoms with E-state index in [-0.39, 0.29) is 24.0 Å². The maximum absolute atomic E-state index is 5.86. The van der Waals surface area contributed by atoms with Crippen LogP contribution in [0.15, 0.2) is 4.99 Å². The van der Waals surface area contributed by atoms with Gasteiger partial charge in [0.25, 0.3) is 0 Å². The minimum Gasteiger partial charge on any atom is -0.382 e. The molecule has 2 rings (SSSR count). The van der Waals surface area contributed by atoms with Gasteiger partial charge in [0, 0.05) is 59.3 Å². The number of halogens is 1. The molecule has 2 fully saturated rings. The first-order valence-corrected chi connectivity index (χ1v) is 11.5. The predicted octanol–water partition coefficient (Wildman–Crippen LogP) is 3.98. The molecule has 6 nitrogen and oxygen atoms in total. The normalized spacial score (nSPS) is 19.7. The summed E-state index contributed by atoms with van der Waals surface area (Å²) < 4.78 is 16.9. The number of nitrogens with zero attached hydrogens (tertiary/aromatic N) is 1. The zero-order valence-electron chi connectivity index (χ0n) is 18.7. The summed E-state index contributed by atoms with van der Waals surface area (Å²) in [6, 6.07) is 0. The van der Waals surface area contributed by atoms with Gasteiger partial charge in [0.05, 0.1) is 0 Å². The van der Waals surface area contributed by atoms with Crippen molar-refractivity contribution in [2.24, 2.45) is 16.3 Å². The Morgan fingerprint density at radius 1 is 1.07 bits per heavy atom. The van der Waals surface area contributed by atoms with Crippen molar-refractivity contribution in [3.63, 3.8) is 0 Å². The lowest BCUT2D eigenvalue weighted by Crippen LogP contribution is -2.39. The molecule has 7 heteroatoms. The Morgan fingerprint density at radius 2 is 1.83 bits per heavy atom. The number of nitrogens with one attached hydrogen (secondary N) is 2. The minimum atomic E-state index is 0. The van der Waals surface area contributed by atoms with E-state index in [1.165, 1.54) is 25.7 Å². The van der Waals surface area contributed by atoms with Crippen molar-refractivity contribution in [2.45, 2.75) is 65.2 Å². The van der Waals surface area contributed by atoms with Gasteiger partial charge < -0.3 is 24.8 Å². The van der Waals surface area contributed by atoms with Crippen LogP contribution in [0.3, 0.4) is 0 Å². The van der Waals surface area contributed by atoms with Crippen LogP contribution in [0.2, 0.25) is 0 Å². The number of ether oxygens (including phenoxy) is 3. The van der Waals surface area contributed by atoms with Gasteiger partial charge in [-0.25, -0.2) is 0 Å². The van der Waals surface area contributed by atoms with Gasteiger partial charge in [0.1, 0.15) is 0 Å². The maximum Gasteiger partial charge on any atom is 0.191 e. The molecule has 1 heterocycles. The predicted molar refractivity (Wildman–Crippen MR) is 130 cm³/mol. The highest BCUT2D eigenvalue weighted by molar-refractivity contribution is 14.0. The molecule has 29 heavy (non-hydrogen) atoms. The van der Waals surface area contributed by atoms with E-state index in [2.05, 4.69) is 24.5 Å². The van der Waals surface area contributed by atoms with E-state index in [0.29, 0.717) is 11.3 Å². The third kappa shape index (κ3) is 11.2. The molecule has 0 unspecified atom stereocenters. The molecule has 0 aromatic rings. The highest BCUT2D eigenvalue weighted by Gasteiger charge is 2.33. The third-order valence-corrected chi connectivity index (χ3v) is 6.01. The van der Waals surface area contributed by atoms with Crippen molar-refractivity contribution >= 4 is 29.9 Å². The Balaban J connectivity index is 0.00000420. The molecule has 1 aliphatic carbocycles. The molecule has 0 aromatic heterocycles. The van der Waals surface area contributed by atoms with Gasteiger partial charge in [-0.05, 0) is 63.7 Å². The maximum atomic E-state index is 5.86. The summed E-state index contributed by atoms with van der Waals surface area (Å²) >= 11 is 0. The Morgan fingerprint density at radius 3 is 2.52 bits per heavy atom. The fourth-order valence-electron chi connectivity index (χ4n) is 4.18. The zero-order valence-corrected chi connectivity index (χ0v) is 21.0. The Kier molecular flexibility index (Phi) is 15.4. The lowest BCUT2D eigenvalue weighted by Gasteiger charge is -2.27. The number of aliphatic imine (C=N–C) groups is 1. The summed E-state index contributed by atoms with van der Waals surface area (Å²) in [5.74, 6) is 1.62. The molecule has 172 valence electrons. The van der Waals surface area contributed by atoms with E-state index in [0.717, 1.165) is 90.9 Å². The van der Waals surface area contributed by atoms with Crippen LogP contribution < -0.4 is 10.6 Å². The SMILES string of the molecule is CCNC(=NCC1(CCOCC)CCCC1)NCCCOCC1CCOCC1.I. The molecule has 1 aliphatic heterocycles.